The Morgan fingerprint density at radius 3 is 1.75 bits per heavy atom. The van der Waals surface area contributed by atoms with Gasteiger partial charge in [-0.3, -0.25) is 0 Å². The van der Waals surface area contributed by atoms with E-state index in [2.05, 4.69) is 13.2 Å². The van der Waals surface area contributed by atoms with Gasteiger partial charge in [0.15, 0.2) is 0 Å². The molecular weight excluding hydrogens is 196 g/mol. The second kappa shape index (κ2) is 4.95. The molecule has 2 nitrogen and oxygen atoms in total. The predicted molar refractivity (Wildman–Crippen MR) is 50.7 cm³/mol. The Labute approximate surface area is 76.9 Å². The van der Waals surface area contributed by atoms with Crippen LogP contribution in [0.15, 0.2) is 48.4 Å². The first-order valence-electron chi connectivity index (χ1n) is 3.10. The van der Waals surface area contributed by atoms with Gasteiger partial charge in [0.05, 0.1) is 4.90 Å². The van der Waals surface area contributed by atoms with Crippen molar-refractivity contribution >= 4 is 19.7 Å². The summed E-state index contributed by atoms with van der Waals surface area (Å²) in [5.41, 5.74) is 0. The third-order valence-corrected chi connectivity index (χ3v) is 2.39. The van der Waals surface area contributed by atoms with Gasteiger partial charge in [-0.2, -0.15) is 0 Å². The fourth-order valence-corrected chi connectivity index (χ4v) is 1.37. The quantitative estimate of drug-likeness (QED) is 0.520. The summed E-state index contributed by atoms with van der Waals surface area (Å²) in [4.78, 5) is 0.136. The molecular formula is C8H9ClO2S. The summed E-state index contributed by atoms with van der Waals surface area (Å²) in [7, 11) is 1.50. The van der Waals surface area contributed by atoms with Gasteiger partial charge in [0.1, 0.15) is 0 Å². The predicted octanol–water partition coefficient (Wildman–Crippen LogP) is 2.42. The highest BCUT2D eigenvalue weighted by Crippen LogP contribution is 2.12. The fourth-order valence-electron chi connectivity index (χ4n) is 0.583. The van der Waals surface area contributed by atoms with Crippen LogP contribution >= 0.6 is 10.7 Å². The molecule has 0 fully saturated rings. The fraction of sp³-hybridized carbons (Fsp3) is 0. The lowest BCUT2D eigenvalue weighted by atomic mass is 10.4. The molecule has 0 N–H and O–H groups in total. The molecule has 0 atom stereocenters. The van der Waals surface area contributed by atoms with E-state index in [1.807, 2.05) is 0 Å². The van der Waals surface area contributed by atoms with Crippen LogP contribution in [-0.2, 0) is 9.05 Å². The Kier molecular flexibility index (Phi) is 4.62. The maximum absolute atomic E-state index is 10.6. The number of benzene rings is 1. The summed E-state index contributed by atoms with van der Waals surface area (Å²) in [5.74, 6) is 0. The molecule has 0 saturated heterocycles. The van der Waals surface area contributed by atoms with Crippen LogP contribution < -0.4 is 0 Å². The molecule has 0 amide bonds. The first-order chi connectivity index (χ1) is 5.61. The lowest BCUT2D eigenvalue weighted by Gasteiger charge is -1.91. The van der Waals surface area contributed by atoms with Gasteiger partial charge in [-0.15, -0.1) is 13.2 Å². The van der Waals surface area contributed by atoms with Crippen LogP contribution in [0.4, 0.5) is 0 Å². The van der Waals surface area contributed by atoms with E-state index in [4.69, 9.17) is 10.7 Å². The van der Waals surface area contributed by atoms with Crippen LogP contribution in [0, 0.1) is 0 Å². The van der Waals surface area contributed by atoms with Crippen molar-refractivity contribution in [3.05, 3.63) is 43.5 Å². The molecule has 4 heteroatoms. The number of hydrogen-bond donors (Lipinski definition) is 0. The van der Waals surface area contributed by atoms with Crippen LogP contribution in [0.1, 0.15) is 0 Å². The Morgan fingerprint density at radius 1 is 1.08 bits per heavy atom. The number of halogens is 1. The molecule has 0 unspecified atom stereocenters. The van der Waals surface area contributed by atoms with Crippen molar-refractivity contribution in [2.45, 2.75) is 4.90 Å². The summed E-state index contributed by atoms with van der Waals surface area (Å²) in [6.07, 6.45) is 0. The zero-order valence-corrected chi connectivity index (χ0v) is 7.98. The minimum atomic E-state index is -3.53. The van der Waals surface area contributed by atoms with E-state index in [1.165, 1.54) is 12.1 Å². The van der Waals surface area contributed by atoms with E-state index in [0.29, 0.717) is 0 Å². The molecule has 1 aromatic rings. The van der Waals surface area contributed by atoms with Crippen molar-refractivity contribution in [1.82, 2.24) is 0 Å². The van der Waals surface area contributed by atoms with Gasteiger partial charge in [-0.05, 0) is 12.1 Å². The lowest BCUT2D eigenvalue weighted by Crippen LogP contribution is -1.87. The standard InChI is InChI=1S/C6H5ClO2S.C2H4/c7-10(8,9)6-4-2-1-3-5-6;1-2/h1-5H;1-2H2. The van der Waals surface area contributed by atoms with Crippen molar-refractivity contribution in [3.8, 4) is 0 Å². The second-order valence-corrected chi connectivity index (χ2v) is 4.32. The summed E-state index contributed by atoms with van der Waals surface area (Å²) < 4.78 is 21.2. The molecule has 12 heavy (non-hydrogen) atoms. The normalized spacial score (nSPS) is 9.75. The monoisotopic (exact) mass is 204 g/mol. The SMILES string of the molecule is C=C.O=S(=O)(Cl)c1ccccc1. The molecule has 0 aliphatic heterocycles. The van der Waals surface area contributed by atoms with E-state index in [1.54, 1.807) is 18.2 Å². The third-order valence-electron chi connectivity index (χ3n) is 1.02. The molecule has 1 aromatic carbocycles. The summed E-state index contributed by atoms with van der Waals surface area (Å²) in [5, 5.41) is 0. The van der Waals surface area contributed by atoms with Crippen molar-refractivity contribution in [2.24, 2.45) is 0 Å². The smallest absolute Gasteiger partial charge is 0.207 e. The molecule has 0 saturated carbocycles. The Bertz CT molecular complexity index is 318. The largest absolute Gasteiger partial charge is 0.261 e. The molecule has 0 bridgehead atoms. The average molecular weight is 205 g/mol. The van der Waals surface area contributed by atoms with Gasteiger partial charge in [-0.25, -0.2) is 8.42 Å². The van der Waals surface area contributed by atoms with E-state index in [0.717, 1.165) is 0 Å². The summed E-state index contributed by atoms with van der Waals surface area (Å²) in [6, 6.07) is 7.86. The van der Waals surface area contributed by atoms with Crippen LogP contribution in [0.25, 0.3) is 0 Å². The number of hydrogen-bond acceptors (Lipinski definition) is 2. The van der Waals surface area contributed by atoms with Crippen molar-refractivity contribution in [3.63, 3.8) is 0 Å². The minimum Gasteiger partial charge on any atom is -0.207 e. The van der Waals surface area contributed by atoms with Crippen molar-refractivity contribution in [2.75, 3.05) is 0 Å². The average Bonchev–Trinajstić information content (AvgIpc) is 2.08. The third kappa shape index (κ3) is 3.55. The zero-order valence-electron chi connectivity index (χ0n) is 6.40. The highest BCUT2D eigenvalue weighted by Gasteiger charge is 2.06. The van der Waals surface area contributed by atoms with Gasteiger partial charge < -0.3 is 0 Å². The van der Waals surface area contributed by atoms with E-state index >= 15 is 0 Å². The number of rotatable bonds is 1. The maximum atomic E-state index is 10.6. The molecule has 0 heterocycles. The van der Waals surface area contributed by atoms with Gasteiger partial charge in [0, 0.05) is 10.7 Å². The first-order valence-corrected chi connectivity index (χ1v) is 5.41. The maximum Gasteiger partial charge on any atom is 0.261 e. The summed E-state index contributed by atoms with van der Waals surface area (Å²) in [6.45, 7) is 6.00. The van der Waals surface area contributed by atoms with Crippen LogP contribution in [0.2, 0.25) is 0 Å². The lowest BCUT2D eigenvalue weighted by molar-refractivity contribution is 0.609. The van der Waals surface area contributed by atoms with Crippen LogP contribution in [0.3, 0.4) is 0 Å². The highest BCUT2D eigenvalue weighted by molar-refractivity contribution is 8.13. The zero-order chi connectivity index (χ0) is 9.61. The minimum absolute atomic E-state index is 0.136. The molecule has 0 aliphatic carbocycles. The van der Waals surface area contributed by atoms with Crippen LogP contribution in [-0.4, -0.2) is 8.42 Å². The second-order valence-electron chi connectivity index (χ2n) is 1.75. The van der Waals surface area contributed by atoms with Crippen molar-refractivity contribution < 1.29 is 8.42 Å². The van der Waals surface area contributed by atoms with E-state index in [9.17, 15) is 8.42 Å². The topological polar surface area (TPSA) is 34.1 Å². The van der Waals surface area contributed by atoms with Gasteiger partial charge >= 0.3 is 0 Å². The first kappa shape index (κ1) is 11.2. The molecule has 66 valence electrons. The Hall–Kier alpha value is -0.800. The molecule has 0 radical (unpaired) electrons. The molecule has 1 rings (SSSR count). The summed E-state index contributed by atoms with van der Waals surface area (Å²) >= 11 is 0. The molecule has 0 aromatic heterocycles. The van der Waals surface area contributed by atoms with Crippen molar-refractivity contribution in [1.29, 1.82) is 0 Å². The van der Waals surface area contributed by atoms with E-state index in [-0.39, 0.29) is 4.90 Å². The molecule has 0 spiro atoms. The Balaban J connectivity index is 0.000000561. The van der Waals surface area contributed by atoms with Gasteiger partial charge in [0.2, 0.25) is 0 Å². The van der Waals surface area contributed by atoms with E-state index < -0.39 is 9.05 Å². The molecule has 0 aliphatic rings. The van der Waals surface area contributed by atoms with Gasteiger partial charge in [0.25, 0.3) is 9.05 Å². The van der Waals surface area contributed by atoms with Gasteiger partial charge in [-0.1, -0.05) is 18.2 Å². The van der Waals surface area contributed by atoms with Crippen LogP contribution in [0.5, 0.6) is 0 Å². The highest BCUT2D eigenvalue weighted by atomic mass is 35.7. The Morgan fingerprint density at radius 2 is 1.50 bits per heavy atom.